The molecule has 2 N–H and O–H groups in total. The number of amides is 2. The van der Waals surface area contributed by atoms with Crippen molar-refractivity contribution < 1.29 is 19.4 Å². The molecule has 3 aromatic heterocycles. The predicted molar refractivity (Wildman–Crippen MR) is 168 cm³/mol. The summed E-state index contributed by atoms with van der Waals surface area (Å²) in [5.41, 5.74) is 2.04. The van der Waals surface area contributed by atoms with E-state index in [9.17, 15) is 14.7 Å². The molecule has 45 heavy (non-hydrogen) atoms. The molecule has 5 heterocycles. The molecule has 14 nitrogen and oxygen atoms in total. The highest BCUT2D eigenvalue weighted by atomic mass is 16.5. The molecule has 2 amide bonds. The van der Waals surface area contributed by atoms with Gasteiger partial charge in [-0.15, -0.1) is 0 Å². The van der Waals surface area contributed by atoms with Gasteiger partial charge in [-0.1, -0.05) is 19.1 Å². The first kappa shape index (κ1) is 29.4. The molecule has 0 unspecified atom stereocenters. The van der Waals surface area contributed by atoms with Gasteiger partial charge in [-0.2, -0.15) is 9.97 Å². The lowest BCUT2D eigenvalue weighted by molar-refractivity contribution is -0.139. The Bertz CT molecular complexity index is 1790. The molecule has 4 aromatic rings. The van der Waals surface area contributed by atoms with Gasteiger partial charge in [0, 0.05) is 51.7 Å². The van der Waals surface area contributed by atoms with Gasteiger partial charge in [0.2, 0.25) is 11.9 Å². The monoisotopic (exact) mass is 616 g/mol. The number of benzene rings is 1. The fourth-order valence-corrected chi connectivity index (χ4v) is 6.71. The number of hydrogen-bond donors (Lipinski definition) is 2. The molecule has 3 aliphatic rings. The molecule has 0 bridgehead atoms. The van der Waals surface area contributed by atoms with Crippen molar-refractivity contribution in [3.63, 3.8) is 0 Å². The van der Waals surface area contributed by atoms with Crippen LogP contribution in [0.25, 0.3) is 28.1 Å². The Kier molecular flexibility index (Phi) is 7.15. The molecular weight excluding hydrogens is 576 g/mol. The SMILES string of the molecule is CCc1nc2ccccc2n1-c1nc(N2CCOCC2)c2nc(CN3CCN(C(=O)C4(NC(=O)O)CC4)CC3(C)C)n(C)c2n1. The van der Waals surface area contributed by atoms with Gasteiger partial charge in [-0.3, -0.25) is 14.3 Å². The topological polar surface area (TPSA) is 147 Å². The second-order valence-corrected chi connectivity index (χ2v) is 12.9. The number of aromatic nitrogens is 6. The summed E-state index contributed by atoms with van der Waals surface area (Å²) >= 11 is 0. The zero-order valence-corrected chi connectivity index (χ0v) is 26.3. The average molecular weight is 617 g/mol. The molecule has 1 saturated carbocycles. The van der Waals surface area contributed by atoms with Crippen molar-refractivity contribution in [3.05, 3.63) is 35.9 Å². The third-order valence-corrected chi connectivity index (χ3v) is 9.44. The number of imidazole rings is 2. The molecular formula is C31H40N10O4. The van der Waals surface area contributed by atoms with E-state index in [-0.39, 0.29) is 11.4 Å². The maximum absolute atomic E-state index is 13.3. The summed E-state index contributed by atoms with van der Waals surface area (Å²) in [6, 6.07) is 8.06. The van der Waals surface area contributed by atoms with Gasteiger partial charge in [0.15, 0.2) is 17.0 Å². The molecule has 0 atom stereocenters. The van der Waals surface area contributed by atoms with Gasteiger partial charge < -0.3 is 29.5 Å². The summed E-state index contributed by atoms with van der Waals surface area (Å²) in [4.78, 5) is 51.2. The van der Waals surface area contributed by atoms with Crippen molar-refractivity contribution in [1.82, 2.24) is 44.2 Å². The van der Waals surface area contributed by atoms with Crippen LogP contribution in [0.2, 0.25) is 0 Å². The number of carbonyl (C=O) groups is 2. The fourth-order valence-electron chi connectivity index (χ4n) is 6.71. The lowest BCUT2D eigenvalue weighted by Crippen LogP contribution is -2.63. The second kappa shape index (κ2) is 10.9. The molecule has 14 heteroatoms. The summed E-state index contributed by atoms with van der Waals surface area (Å²) in [5.74, 6) is 2.98. The zero-order chi connectivity index (χ0) is 31.5. The Morgan fingerprint density at radius 2 is 1.76 bits per heavy atom. The van der Waals surface area contributed by atoms with Crippen molar-refractivity contribution in [1.29, 1.82) is 0 Å². The number of anilines is 1. The number of carboxylic acid groups (broad SMARTS) is 1. The fraction of sp³-hybridized carbons (Fsp3) is 0.548. The van der Waals surface area contributed by atoms with Gasteiger partial charge >= 0.3 is 6.09 Å². The molecule has 2 saturated heterocycles. The van der Waals surface area contributed by atoms with Crippen LogP contribution in [0.15, 0.2) is 24.3 Å². The van der Waals surface area contributed by atoms with Crippen LogP contribution in [0.1, 0.15) is 45.3 Å². The number of piperazine rings is 1. The molecule has 238 valence electrons. The van der Waals surface area contributed by atoms with Gasteiger partial charge in [0.05, 0.1) is 30.8 Å². The minimum absolute atomic E-state index is 0.128. The summed E-state index contributed by atoms with van der Waals surface area (Å²) in [5, 5.41) is 11.7. The Hall–Kier alpha value is -4.30. The van der Waals surface area contributed by atoms with Gasteiger partial charge in [0.1, 0.15) is 17.2 Å². The van der Waals surface area contributed by atoms with E-state index in [0.29, 0.717) is 71.3 Å². The lowest BCUT2D eigenvalue weighted by Gasteiger charge is -2.47. The van der Waals surface area contributed by atoms with E-state index in [1.807, 2.05) is 36.2 Å². The maximum atomic E-state index is 13.3. The highest BCUT2D eigenvalue weighted by Gasteiger charge is 2.54. The third kappa shape index (κ3) is 5.15. The molecule has 1 aromatic carbocycles. The lowest BCUT2D eigenvalue weighted by atomic mass is 9.97. The van der Waals surface area contributed by atoms with E-state index in [1.165, 1.54) is 0 Å². The van der Waals surface area contributed by atoms with E-state index in [4.69, 9.17) is 24.7 Å². The zero-order valence-electron chi connectivity index (χ0n) is 26.3. The standard InChI is InChI=1S/C31H40N10O4/c1-5-22-32-20-8-6-7-9-21(20)41(22)28-34-25-24(26(35-28)38-14-16-45-17-15-38)33-23(37(25)4)18-40-13-12-39(19-30(40,2)3)27(42)31(10-11-31)36-29(43)44/h6-9,36H,5,10-19H2,1-4H3,(H,43,44). The normalized spacial score (nSPS) is 19.7. The number of hydrogen-bond acceptors (Lipinski definition) is 9. The van der Waals surface area contributed by atoms with E-state index in [2.05, 4.69) is 45.0 Å². The Morgan fingerprint density at radius 3 is 2.44 bits per heavy atom. The molecule has 0 spiro atoms. The smallest absolute Gasteiger partial charge is 0.405 e. The number of morpholine rings is 1. The Balaban J connectivity index is 1.23. The van der Waals surface area contributed by atoms with E-state index in [1.54, 1.807) is 0 Å². The van der Waals surface area contributed by atoms with Crippen molar-refractivity contribution in [2.75, 3.05) is 50.8 Å². The number of rotatable bonds is 7. The summed E-state index contributed by atoms with van der Waals surface area (Å²) in [6.07, 6.45) is 0.663. The van der Waals surface area contributed by atoms with Crippen molar-refractivity contribution in [2.45, 2.75) is 57.7 Å². The van der Waals surface area contributed by atoms with Crippen LogP contribution in [-0.2, 0) is 29.5 Å². The summed E-state index contributed by atoms with van der Waals surface area (Å²) < 4.78 is 9.76. The summed E-state index contributed by atoms with van der Waals surface area (Å²) in [6.45, 7) is 11.2. The van der Waals surface area contributed by atoms with Crippen LogP contribution >= 0.6 is 0 Å². The van der Waals surface area contributed by atoms with Crippen molar-refractivity contribution in [3.8, 4) is 5.95 Å². The molecule has 1 aliphatic carbocycles. The summed E-state index contributed by atoms with van der Waals surface area (Å²) in [7, 11) is 2.00. The molecule has 3 fully saturated rings. The number of nitrogens with zero attached hydrogens (tertiary/aromatic N) is 9. The minimum atomic E-state index is -1.16. The quantitative estimate of drug-likeness (QED) is 0.317. The first-order valence-electron chi connectivity index (χ1n) is 15.7. The van der Waals surface area contributed by atoms with Crippen LogP contribution in [-0.4, -0.2) is 113 Å². The number of aryl methyl sites for hydroxylation is 2. The van der Waals surface area contributed by atoms with Crippen LogP contribution in [0.3, 0.4) is 0 Å². The van der Waals surface area contributed by atoms with Gasteiger partial charge in [-0.05, 0) is 38.8 Å². The highest BCUT2D eigenvalue weighted by molar-refractivity contribution is 5.92. The van der Waals surface area contributed by atoms with Crippen molar-refractivity contribution in [2.24, 2.45) is 7.05 Å². The van der Waals surface area contributed by atoms with Gasteiger partial charge in [-0.25, -0.2) is 14.8 Å². The van der Waals surface area contributed by atoms with Crippen LogP contribution < -0.4 is 10.2 Å². The minimum Gasteiger partial charge on any atom is -0.465 e. The number of para-hydroxylation sites is 2. The van der Waals surface area contributed by atoms with E-state index >= 15 is 0 Å². The number of ether oxygens (including phenoxy) is 1. The van der Waals surface area contributed by atoms with Gasteiger partial charge in [0.25, 0.3) is 0 Å². The van der Waals surface area contributed by atoms with E-state index < -0.39 is 11.6 Å². The van der Waals surface area contributed by atoms with E-state index in [0.717, 1.165) is 46.1 Å². The maximum Gasteiger partial charge on any atom is 0.405 e. The first-order valence-corrected chi connectivity index (χ1v) is 15.7. The average Bonchev–Trinajstić information content (AvgIpc) is 3.60. The molecule has 7 rings (SSSR count). The molecule has 2 aliphatic heterocycles. The largest absolute Gasteiger partial charge is 0.465 e. The highest BCUT2D eigenvalue weighted by Crippen LogP contribution is 2.39. The van der Waals surface area contributed by atoms with Crippen LogP contribution in [0.4, 0.5) is 10.6 Å². The second-order valence-electron chi connectivity index (χ2n) is 12.9. The molecule has 0 radical (unpaired) electrons. The van der Waals surface area contributed by atoms with Crippen LogP contribution in [0.5, 0.6) is 0 Å². The third-order valence-electron chi connectivity index (χ3n) is 9.44. The first-order chi connectivity index (χ1) is 21.6. The van der Waals surface area contributed by atoms with Crippen molar-refractivity contribution >= 4 is 40.0 Å². The number of nitrogens with one attached hydrogen (secondary N) is 1. The number of fused-ring (bicyclic) bond motifs is 2. The Morgan fingerprint density at radius 1 is 1.00 bits per heavy atom. The predicted octanol–water partition coefficient (Wildman–Crippen LogP) is 2.32. The van der Waals surface area contributed by atoms with Crippen LogP contribution in [0, 0.1) is 0 Å². The number of carbonyl (C=O) groups excluding carboxylic acids is 1. The Labute approximate surface area is 261 Å².